The Morgan fingerprint density at radius 3 is 2.76 bits per heavy atom. The first-order chi connectivity index (χ1) is 16.3. The minimum atomic E-state index is -4.55. The predicted octanol–water partition coefficient (Wildman–Crippen LogP) is 3.97. The van der Waals surface area contributed by atoms with Crippen molar-refractivity contribution in [2.75, 3.05) is 23.3 Å². The van der Waals surface area contributed by atoms with E-state index in [1.807, 2.05) is 19.2 Å². The van der Waals surface area contributed by atoms with Crippen molar-refractivity contribution in [3.8, 4) is 5.75 Å². The standard InChI is InChI=1S/C23H19F3N6O2/c1-14-2-3-15(22(33)30-17-7-16(8-27-9-17)23(24,25)26)6-20(14)34-19-12-31(13-19)18-10-28-21-4-5-29-32(21)11-18/h2-11,19H,12-13H2,1H3,(H,30,33). The Bertz CT molecular complexity index is 1360. The molecule has 4 aromatic rings. The predicted molar refractivity (Wildman–Crippen MR) is 118 cm³/mol. The van der Waals surface area contributed by atoms with Gasteiger partial charge in [0.1, 0.15) is 11.9 Å². The number of nitrogens with one attached hydrogen (secondary N) is 1. The zero-order valence-corrected chi connectivity index (χ0v) is 18.0. The topological polar surface area (TPSA) is 84.6 Å². The molecule has 0 bridgehead atoms. The third kappa shape index (κ3) is 4.36. The highest BCUT2D eigenvalue weighted by Crippen LogP contribution is 2.30. The van der Waals surface area contributed by atoms with Crippen molar-refractivity contribution in [3.05, 3.63) is 78.0 Å². The summed E-state index contributed by atoms with van der Waals surface area (Å²) in [6, 6.07) is 7.58. The van der Waals surface area contributed by atoms with Gasteiger partial charge in [0.2, 0.25) is 0 Å². The molecule has 0 atom stereocenters. The number of rotatable bonds is 5. The van der Waals surface area contributed by atoms with Gasteiger partial charge in [-0.05, 0) is 30.7 Å². The second-order valence-corrected chi connectivity index (χ2v) is 7.99. The molecule has 1 saturated heterocycles. The highest BCUT2D eigenvalue weighted by Gasteiger charge is 2.31. The molecule has 11 heteroatoms. The zero-order valence-electron chi connectivity index (χ0n) is 18.0. The van der Waals surface area contributed by atoms with Gasteiger partial charge in [-0.15, -0.1) is 0 Å². The summed E-state index contributed by atoms with van der Waals surface area (Å²) in [7, 11) is 0. The van der Waals surface area contributed by atoms with Crippen LogP contribution in [0, 0.1) is 6.92 Å². The van der Waals surface area contributed by atoms with E-state index < -0.39 is 17.6 Å². The Morgan fingerprint density at radius 1 is 1.15 bits per heavy atom. The van der Waals surface area contributed by atoms with Crippen molar-refractivity contribution in [2.45, 2.75) is 19.2 Å². The van der Waals surface area contributed by atoms with Crippen LogP contribution in [0.15, 0.2) is 61.3 Å². The van der Waals surface area contributed by atoms with Crippen molar-refractivity contribution in [3.63, 3.8) is 0 Å². The van der Waals surface area contributed by atoms with Gasteiger partial charge in [-0.1, -0.05) is 6.07 Å². The molecule has 0 saturated carbocycles. The van der Waals surface area contributed by atoms with Crippen molar-refractivity contribution in [2.24, 2.45) is 0 Å². The number of alkyl halides is 3. The monoisotopic (exact) mass is 468 g/mol. The van der Waals surface area contributed by atoms with Crippen LogP contribution in [0.1, 0.15) is 21.5 Å². The molecule has 1 fully saturated rings. The summed E-state index contributed by atoms with van der Waals surface area (Å²) < 4.78 is 46.5. The van der Waals surface area contributed by atoms with Gasteiger partial charge in [0.25, 0.3) is 5.91 Å². The van der Waals surface area contributed by atoms with Gasteiger partial charge in [0, 0.05) is 17.8 Å². The summed E-state index contributed by atoms with van der Waals surface area (Å²) in [6.45, 7) is 3.14. The number of nitrogens with zero attached hydrogens (tertiary/aromatic N) is 5. The van der Waals surface area contributed by atoms with Crippen molar-refractivity contribution >= 4 is 22.9 Å². The molecule has 5 rings (SSSR count). The Hall–Kier alpha value is -4.15. The average molecular weight is 468 g/mol. The highest BCUT2D eigenvalue weighted by molar-refractivity contribution is 6.04. The van der Waals surface area contributed by atoms with E-state index in [4.69, 9.17) is 4.74 Å². The second-order valence-electron chi connectivity index (χ2n) is 7.99. The number of aryl methyl sites for hydroxylation is 1. The number of fused-ring (bicyclic) bond motifs is 1. The molecule has 8 nitrogen and oxygen atoms in total. The molecule has 0 spiro atoms. The van der Waals surface area contributed by atoms with E-state index in [0.717, 1.165) is 29.2 Å². The number of carbonyl (C=O) groups is 1. The van der Waals surface area contributed by atoms with E-state index in [2.05, 4.69) is 25.3 Å². The number of pyridine rings is 1. The van der Waals surface area contributed by atoms with Crippen LogP contribution in [0.25, 0.3) is 5.65 Å². The molecule has 1 aromatic carbocycles. The van der Waals surface area contributed by atoms with E-state index >= 15 is 0 Å². The Morgan fingerprint density at radius 2 is 1.97 bits per heavy atom. The lowest BCUT2D eigenvalue weighted by atomic mass is 10.1. The Kier molecular flexibility index (Phi) is 5.31. The Labute approximate surface area is 192 Å². The quantitative estimate of drug-likeness (QED) is 0.477. The highest BCUT2D eigenvalue weighted by atomic mass is 19.4. The van der Waals surface area contributed by atoms with Crippen LogP contribution in [-0.4, -0.2) is 44.7 Å². The number of anilines is 2. The summed E-state index contributed by atoms with van der Waals surface area (Å²) >= 11 is 0. The minimum absolute atomic E-state index is 0.0414. The molecule has 0 unspecified atom stereocenters. The van der Waals surface area contributed by atoms with Gasteiger partial charge in [-0.25, -0.2) is 9.50 Å². The van der Waals surface area contributed by atoms with E-state index in [0.29, 0.717) is 25.0 Å². The normalized spacial score (nSPS) is 14.2. The number of amides is 1. The maximum absolute atomic E-state index is 12.9. The number of hydrogen-bond acceptors (Lipinski definition) is 6. The van der Waals surface area contributed by atoms with Crippen molar-refractivity contribution in [1.29, 1.82) is 0 Å². The molecule has 1 aliphatic heterocycles. The third-order valence-corrected chi connectivity index (χ3v) is 5.51. The molecule has 1 aliphatic rings. The van der Waals surface area contributed by atoms with E-state index in [9.17, 15) is 18.0 Å². The SMILES string of the molecule is Cc1ccc(C(=O)Nc2cncc(C(F)(F)F)c2)cc1OC1CN(c2cnc3ccnn3c2)C1. The van der Waals surface area contributed by atoms with Crippen LogP contribution in [0.2, 0.25) is 0 Å². The van der Waals surface area contributed by atoms with Gasteiger partial charge in [-0.2, -0.15) is 18.3 Å². The van der Waals surface area contributed by atoms with Gasteiger partial charge in [-0.3, -0.25) is 9.78 Å². The fourth-order valence-electron chi connectivity index (χ4n) is 3.60. The third-order valence-electron chi connectivity index (χ3n) is 5.51. The largest absolute Gasteiger partial charge is 0.486 e. The number of carbonyl (C=O) groups excluding carboxylic acids is 1. The van der Waals surface area contributed by atoms with Crippen LogP contribution >= 0.6 is 0 Å². The first kappa shape index (κ1) is 21.7. The van der Waals surface area contributed by atoms with Crippen LogP contribution in [0.5, 0.6) is 5.75 Å². The molecule has 0 aliphatic carbocycles. The fourth-order valence-corrected chi connectivity index (χ4v) is 3.60. The summed E-state index contributed by atoms with van der Waals surface area (Å²) in [4.78, 5) is 22.7. The number of benzene rings is 1. The lowest BCUT2D eigenvalue weighted by Gasteiger charge is -2.40. The molecular formula is C23H19F3N6O2. The maximum Gasteiger partial charge on any atom is 0.417 e. The molecule has 1 amide bonds. The van der Waals surface area contributed by atoms with Crippen LogP contribution < -0.4 is 15.0 Å². The van der Waals surface area contributed by atoms with Crippen molar-refractivity contribution < 1.29 is 22.7 Å². The van der Waals surface area contributed by atoms with Crippen LogP contribution in [0.4, 0.5) is 24.5 Å². The first-order valence-corrected chi connectivity index (χ1v) is 10.4. The number of halogens is 3. The second kappa shape index (κ2) is 8.32. The van der Waals surface area contributed by atoms with E-state index in [1.165, 1.54) is 0 Å². The molecular weight excluding hydrogens is 449 g/mol. The maximum atomic E-state index is 12.9. The average Bonchev–Trinajstić information content (AvgIpc) is 3.24. The smallest absolute Gasteiger partial charge is 0.417 e. The Balaban J connectivity index is 1.24. The fraction of sp³-hybridized carbons (Fsp3) is 0.217. The summed E-state index contributed by atoms with van der Waals surface area (Å²) in [5.74, 6) is -0.0140. The summed E-state index contributed by atoms with van der Waals surface area (Å²) in [5.41, 5.74) is 1.83. The molecule has 1 N–H and O–H groups in total. The number of ether oxygens (including phenoxy) is 1. The number of hydrogen-bond donors (Lipinski definition) is 1. The molecule has 4 heterocycles. The minimum Gasteiger partial charge on any atom is -0.486 e. The summed E-state index contributed by atoms with van der Waals surface area (Å²) in [5, 5.41) is 6.65. The summed E-state index contributed by atoms with van der Waals surface area (Å²) in [6.07, 6.45) is 2.61. The van der Waals surface area contributed by atoms with Crippen LogP contribution in [-0.2, 0) is 6.18 Å². The zero-order chi connectivity index (χ0) is 23.9. The van der Waals surface area contributed by atoms with E-state index in [-0.39, 0.29) is 17.4 Å². The lowest BCUT2D eigenvalue weighted by molar-refractivity contribution is -0.137. The molecule has 34 heavy (non-hydrogen) atoms. The molecule has 3 aromatic heterocycles. The van der Waals surface area contributed by atoms with Crippen molar-refractivity contribution in [1.82, 2.24) is 19.6 Å². The van der Waals surface area contributed by atoms with Gasteiger partial charge in [0.15, 0.2) is 5.65 Å². The van der Waals surface area contributed by atoms with Gasteiger partial charge in [0.05, 0.1) is 54.8 Å². The van der Waals surface area contributed by atoms with Gasteiger partial charge >= 0.3 is 6.18 Å². The molecule has 174 valence electrons. The lowest BCUT2D eigenvalue weighted by Crippen LogP contribution is -2.54. The first-order valence-electron chi connectivity index (χ1n) is 10.4. The molecule has 0 radical (unpaired) electrons. The van der Waals surface area contributed by atoms with Crippen LogP contribution in [0.3, 0.4) is 0 Å². The number of aromatic nitrogens is 4. The van der Waals surface area contributed by atoms with Gasteiger partial charge < -0.3 is 15.0 Å². The van der Waals surface area contributed by atoms with E-state index in [1.54, 1.807) is 35.1 Å².